The molecule has 0 aromatic carbocycles. The number of allylic oxidation sites excluding steroid dienone is 4. The third-order valence-electron chi connectivity index (χ3n) is 2.64. The molecule has 0 spiro atoms. The van der Waals surface area contributed by atoms with E-state index in [0.29, 0.717) is 17.3 Å². The maximum atomic E-state index is 11.3. The van der Waals surface area contributed by atoms with Gasteiger partial charge in [-0.05, 0) is 0 Å². The van der Waals surface area contributed by atoms with Crippen LogP contribution in [0.5, 0.6) is 0 Å². The molecule has 0 unspecified atom stereocenters. The molecular weight excluding hydrogens is 247 g/mol. The van der Waals surface area contributed by atoms with Gasteiger partial charge in [0.05, 0.1) is 0 Å². The predicted molar refractivity (Wildman–Crippen MR) is 58.6 cm³/mol. The Balaban J connectivity index is 3.67. The molecule has 0 aliphatic heterocycles. The molecule has 3 nitrogen and oxygen atoms in total. The SMILES string of the molecule is CCC[CH2][Mn](=[C]=O)(=[C]=O)(=[C]=O)[C]1=CC=CC1. The molecule has 4 heteroatoms. The van der Waals surface area contributed by atoms with E-state index in [4.69, 9.17) is 0 Å². The molecule has 87 valence electrons. The van der Waals surface area contributed by atoms with Gasteiger partial charge in [0.1, 0.15) is 0 Å². The summed E-state index contributed by atoms with van der Waals surface area (Å²) in [5.41, 5.74) is 0. The minimum absolute atomic E-state index is 0.252. The molecule has 1 aliphatic carbocycles. The number of rotatable bonds is 4. The van der Waals surface area contributed by atoms with Crippen molar-refractivity contribution in [3.05, 3.63) is 22.7 Å². The fourth-order valence-electron chi connectivity index (χ4n) is 1.56. The molecule has 0 saturated carbocycles. The second kappa shape index (κ2) is 4.72. The van der Waals surface area contributed by atoms with Gasteiger partial charge in [0.15, 0.2) is 0 Å². The van der Waals surface area contributed by atoms with E-state index in [2.05, 4.69) is 0 Å². The topological polar surface area (TPSA) is 51.2 Å². The molecule has 1 rings (SSSR count). The molecule has 0 N–H and O–H groups in total. The van der Waals surface area contributed by atoms with Crippen molar-refractivity contribution in [2.75, 3.05) is 0 Å². The Morgan fingerprint density at radius 2 is 1.88 bits per heavy atom. The summed E-state index contributed by atoms with van der Waals surface area (Å²) >= 11 is 0. The van der Waals surface area contributed by atoms with Gasteiger partial charge in [-0.25, -0.2) is 0 Å². The maximum absolute atomic E-state index is 11.3. The first-order valence-electron chi connectivity index (χ1n) is 5.06. The van der Waals surface area contributed by atoms with Gasteiger partial charge in [0.2, 0.25) is 0 Å². The van der Waals surface area contributed by atoms with Gasteiger partial charge in [0.25, 0.3) is 0 Å². The minimum atomic E-state index is -4.25. The Hall–Kier alpha value is -1.26. The molecule has 0 fully saturated rings. The van der Waals surface area contributed by atoms with Gasteiger partial charge >= 0.3 is 93.4 Å². The van der Waals surface area contributed by atoms with Crippen LogP contribution in [-0.2, 0) is 24.9 Å². The van der Waals surface area contributed by atoms with Crippen molar-refractivity contribution in [2.24, 2.45) is 0 Å². The summed E-state index contributed by atoms with van der Waals surface area (Å²) in [4.78, 5) is 39.0. The molecule has 16 heavy (non-hydrogen) atoms. The van der Waals surface area contributed by atoms with E-state index in [-0.39, 0.29) is 5.32 Å². The Kier molecular flexibility index (Phi) is 3.78. The van der Waals surface area contributed by atoms with Gasteiger partial charge in [-0.1, -0.05) is 0 Å². The molecule has 0 saturated heterocycles. The van der Waals surface area contributed by atoms with Gasteiger partial charge in [-0.15, -0.1) is 0 Å². The van der Waals surface area contributed by atoms with Crippen molar-refractivity contribution in [1.82, 2.24) is 0 Å². The Morgan fingerprint density at radius 3 is 2.25 bits per heavy atom. The first-order chi connectivity index (χ1) is 7.67. The molecule has 0 radical (unpaired) electrons. The predicted octanol–water partition coefficient (Wildman–Crippen LogP) is 1.94. The van der Waals surface area contributed by atoms with Crippen LogP contribution in [0.25, 0.3) is 0 Å². The third kappa shape index (κ3) is 1.74. The average Bonchev–Trinajstić information content (AvgIpc) is 2.88. The van der Waals surface area contributed by atoms with Crippen molar-refractivity contribution >= 4 is 14.4 Å². The van der Waals surface area contributed by atoms with E-state index in [9.17, 15) is 14.4 Å². The van der Waals surface area contributed by atoms with E-state index < -0.39 is 10.5 Å². The summed E-state index contributed by atoms with van der Waals surface area (Å²) in [5, 5.41) is 0.252. The Bertz CT molecular complexity index is 588. The van der Waals surface area contributed by atoms with Crippen LogP contribution in [0.2, 0.25) is 5.32 Å². The molecule has 0 aromatic heterocycles. The van der Waals surface area contributed by atoms with Crippen LogP contribution in [0, 0.1) is 0 Å². The van der Waals surface area contributed by atoms with E-state index in [0.717, 1.165) is 6.42 Å². The van der Waals surface area contributed by atoms with Gasteiger partial charge in [-0.2, -0.15) is 0 Å². The number of hydrogen-bond acceptors (Lipinski definition) is 3. The van der Waals surface area contributed by atoms with Gasteiger partial charge in [0, 0.05) is 0 Å². The number of unbranched alkanes of at least 4 members (excludes halogenated alkanes) is 1. The Morgan fingerprint density at radius 1 is 1.25 bits per heavy atom. The monoisotopic (exact) mass is 261 g/mol. The molecule has 0 amide bonds. The zero-order valence-electron chi connectivity index (χ0n) is 9.16. The van der Waals surface area contributed by atoms with E-state index in [1.807, 2.05) is 13.0 Å². The van der Waals surface area contributed by atoms with Crippen LogP contribution in [0.15, 0.2) is 22.7 Å². The molecule has 0 heterocycles. The van der Waals surface area contributed by atoms with E-state index >= 15 is 0 Å². The van der Waals surface area contributed by atoms with Crippen LogP contribution in [-0.4, -0.2) is 14.4 Å². The number of carbonyl (C=O) groups excluding carboxylic acids is 3. The molecule has 0 bridgehead atoms. The molecular formula is C12H14MnO3. The summed E-state index contributed by atoms with van der Waals surface area (Å²) in [7, 11) is -4.25. The zero-order chi connectivity index (χ0) is 12.1. The Labute approximate surface area is 93.7 Å². The van der Waals surface area contributed by atoms with Crippen LogP contribution in [0.3, 0.4) is 0 Å². The second-order valence-electron chi connectivity index (χ2n) is 3.62. The third-order valence-corrected chi connectivity index (χ3v) is 7.94. The summed E-state index contributed by atoms with van der Waals surface area (Å²) in [5.74, 6) is 0. The number of hydrogen-bond donors (Lipinski definition) is 0. The fraction of sp³-hybridized carbons (Fsp3) is 0.417. The van der Waals surface area contributed by atoms with Crippen LogP contribution in [0.4, 0.5) is 0 Å². The first-order valence-corrected chi connectivity index (χ1v) is 8.26. The summed E-state index contributed by atoms with van der Waals surface area (Å²) in [6, 6.07) is 0. The van der Waals surface area contributed by atoms with Gasteiger partial charge in [-0.3, -0.25) is 0 Å². The van der Waals surface area contributed by atoms with Crippen molar-refractivity contribution in [2.45, 2.75) is 31.5 Å². The van der Waals surface area contributed by atoms with Crippen molar-refractivity contribution in [3.8, 4) is 0 Å². The summed E-state index contributed by atoms with van der Waals surface area (Å²) < 4.78 is 0.579. The summed E-state index contributed by atoms with van der Waals surface area (Å²) in [6.07, 6.45) is 7.17. The first kappa shape index (κ1) is 12.8. The summed E-state index contributed by atoms with van der Waals surface area (Å²) in [6.45, 7) is 1.94. The van der Waals surface area contributed by atoms with Crippen molar-refractivity contribution in [3.63, 3.8) is 0 Å². The quantitative estimate of drug-likeness (QED) is 0.727. The van der Waals surface area contributed by atoms with Crippen LogP contribution >= 0.6 is 0 Å². The molecule has 0 atom stereocenters. The second-order valence-corrected chi connectivity index (χ2v) is 9.13. The average molecular weight is 261 g/mol. The molecule has 0 aromatic rings. The van der Waals surface area contributed by atoms with Gasteiger partial charge < -0.3 is 0 Å². The normalized spacial score (nSPS) is 16.6. The van der Waals surface area contributed by atoms with E-state index in [1.165, 1.54) is 0 Å². The standard InChI is InChI=1S/C5H5.C4H9.3CO.Mn/c1-2-4-5-3-1;1-3-4-2;3*1-2;/h1-3H,4H2;1,3-4H2,2H3;;;;. The van der Waals surface area contributed by atoms with E-state index in [1.54, 1.807) is 26.5 Å². The van der Waals surface area contributed by atoms with Crippen LogP contribution in [0.1, 0.15) is 26.2 Å². The zero-order valence-corrected chi connectivity index (χ0v) is 10.3. The fourth-order valence-corrected chi connectivity index (χ4v) is 5.39. The molecule has 1 aliphatic rings. The van der Waals surface area contributed by atoms with Crippen molar-refractivity contribution in [1.29, 1.82) is 0 Å². The van der Waals surface area contributed by atoms with Crippen LogP contribution < -0.4 is 0 Å². The van der Waals surface area contributed by atoms with Crippen molar-refractivity contribution < 1.29 is 24.9 Å².